The van der Waals surface area contributed by atoms with Gasteiger partial charge in [0.15, 0.2) is 0 Å². The van der Waals surface area contributed by atoms with Gasteiger partial charge >= 0.3 is 5.97 Å². The molecule has 0 aliphatic heterocycles. The number of nitrogens with zero attached hydrogens (tertiary/aromatic N) is 2. The first-order valence-electron chi connectivity index (χ1n) is 5.70. The minimum absolute atomic E-state index is 0.151. The predicted molar refractivity (Wildman–Crippen MR) is 69.1 cm³/mol. The van der Waals surface area contributed by atoms with Crippen molar-refractivity contribution in [3.8, 4) is 12.3 Å². The third-order valence-corrected chi connectivity index (χ3v) is 2.46. The summed E-state index contributed by atoms with van der Waals surface area (Å²) in [6.45, 7) is 2.84. The van der Waals surface area contributed by atoms with Crippen LogP contribution < -0.4 is 5.32 Å². The monoisotopic (exact) mass is 255 g/mol. The molecule has 0 bridgehead atoms. The van der Waals surface area contributed by atoms with Gasteiger partial charge < -0.3 is 15.3 Å². The second-order valence-corrected chi connectivity index (χ2v) is 4.27. The van der Waals surface area contributed by atoms with Gasteiger partial charge in [-0.2, -0.15) is 0 Å². The first-order valence-corrected chi connectivity index (χ1v) is 5.70. The molecular formula is C12H21N3O3. The molecular weight excluding hydrogens is 234 g/mol. The Bertz CT molecular complexity index is 323. The molecule has 0 aromatic rings. The quantitative estimate of drug-likeness (QED) is 0.548. The van der Waals surface area contributed by atoms with E-state index in [1.54, 1.807) is 11.8 Å². The number of nitrogens with one attached hydrogen (secondary N) is 1. The van der Waals surface area contributed by atoms with Crippen molar-refractivity contribution in [2.24, 2.45) is 0 Å². The molecule has 2 N–H and O–H groups in total. The zero-order valence-corrected chi connectivity index (χ0v) is 11.1. The van der Waals surface area contributed by atoms with Crippen LogP contribution in [0, 0.1) is 12.3 Å². The van der Waals surface area contributed by atoms with E-state index in [1.807, 2.05) is 19.0 Å². The van der Waals surface area contributed by atoms with Crippen LogP contribution >= 0.6 is 0 Å². The molecule has 0 rings (SSSR count). The number of carbonyl (C=O) groups excluding carboxylic acids is 1. The van der Waals surface area contributed by atoms with Crippen molar-refractivity contribution in [3.63, 3.8) is 0 Å². The number of aliphatic carboxylic acids is 1. The third kappa shape index (κ3) is 6.89. The first kappa shape index (κ1) is 16.4. The van der Waals surface area contributed by atoms with Gasteiger partial charge in [-0.3, -0.25) is 14.5 Å². The lowest BCUT2D eigenvalue weighted by molar-refractivity contribution is -0.139. The van der Waals surface area contributed by atoms with Gasteiger partial charge in [0.25, 0.3) is 0 Å². The van der Waals surface area contributed by atoms with Crippen LogP contribution in [0.15, 0.2) is 0 Å². The van der Waals surface area contributed by atoms with Gasteiger partial charge in [0.2, 0.25) is 5.91 Å². The second-order valence-electron chi connectivity index (χ2n) is 4.27. The van der Waals surface area contributed by atoms with Crippen molar-refractivity contribution in [3.05, 3.63) is 0 Å². The maximum Gasteiger partial charge on any atom is 0.317 e. The molecule has 0 aromatic carbocycles. The van der Waals surface area contributed by atoms with Crippen LogP contribution in [0.3, 0.4) is 0 Å². The standard InChI is InChI=1S/C12H21N3O3/c1-5-6-13-12(18)10(2)15(9-11(16)17)8-7-14(3)4/h1,10H,6-9H2,2-4H3,(H,13,18)(H,16,17). The molecule has 0 spiro atoms. The number of hydrogen-bond donors (Lipinski definition) is 2. The van der Waals surface area contributed by atoms with E-state index in [9.17, 15) is 9.59 Å². The van der Waals surface area contributed by atoms with E-state index < -0.39 is 12.0 Å². The van der Waals surface area contributed by atoms with Crippen LogP contribution in [0.1, 0.15) is 6.92 Å². The van der Waals surface area contributed by atoms with Crippen molar-refractivity contribution >= 4 is 11.9 Å². The van der Waals surface area contributed by atoms with Crippen molar-refractivity contribution < 1.29 is 14.7 Å². The minimum atomic E-state index is -0.953. The van der Waals surface area contributed by atoms with Gasteiger partial charge in [-0.15, -0.1) is 6.42 Å². The Balaban J connectivity index is 4.47. The molecule has 18 heavy (non-hydrogen) atoms. The van der Waals surface area contributed by atoms with Crippen LogP contribution in [0.2, 0.25) is 0 Å². The molecule has 6 heteroatoms. The van der Waals surface area contributed by atoms with Gasteiger partial charge in [-0.1, -0.05) is 5.92 Å². The van der Waals surface area contributed by atoms with Gasteiger partial charge in [0.05, 0.1) is 19.1 Å². The summed E-state index contributed by atoms with van der Waals surface area (Å²) in [5, 5.41) is 11.4. The first-order chi connectivity index (χ1) is 8.38. The van der Waals surface area contributed by atoms with Gasteiger partial charge in [-0.25, -0.2) is 0 Å². The number of carboxylic acids is 1. The Kier molecular flexibility index (Phi) is 7.76. The summed E-state index contributed by atoms with van der Waals surface area (Å²) in [4.78, 5) is 26.0. The number of amides is 1. The molecule has 0 radical (unpaired) electrons. The van der Waals surface area contributed by atoms with Crippen molar-refractivity contribution in [2.75, 3.05) is 40.3 Å². The summed E-state index contributed by atoms with van der Waals surface area (Å²) in [5.41, 5.74) is 0. The van der Waals surface area contributed by atoms with Crippen LogP contribution in [-0.4, -0.2) is 73.1 Å². The highest BCUT2D eigenvalue weighted by atomic mass is 16.4. The van der Waals surface area contributed by atoms with Crippen molar-refractivity contribution in [1.82, 2.24) is 15.1 Å². The zero-order valence-electron chi connectivity index (χ0n) is 11.1. The number of carbonyl (C=O) groups is 2. The predicted octanol–water partition coefficient (Wildman–Crippen LogP) is -0.927. The van der Waals surface area contributed by atoms with E-state index >= 15 is 0 Å². The molecule has 1 atom stereocenters. The van der Waals surface area contributed by atoms with Gasteiger partial charge in [0, 0.05) is 13.1 Å². The fourth-order valence-electron chi connectivity index (χ4n) is 1.36. The Morgan fingerprint density at radius 1 is 1.39 bits per heavy atom. The average molecular weight is 255 g/mol. The summed E-state index contributed by atoms with van der Waals surface area (Å²) >= 11 is 0. The van der Waals surface area contributed by atoms with Crippen LogP contribution in [0.4, 0.5) is 0 Å². The SMILES string of the molecule is C#CCNC(=O)C(C)N(CCN(C)C)CC(=O)O. The molecule has 1 amide bonds. The molecule has 6 nitrogen and oxygen atoms in total. The highest BCUT2D eigenvalue weighted by molar-refractivity contribution is 5.82. The average Bonchev–Trinajstić information content (AvgIpc) is 2.29. The molecule has 0 aliphatic carbocycles. The third-order valence-electron chi connectivity index (χ3n) is 2.46. The van der Waals surface area contributed by atoms with Crippen molar-refractivity contribution in [1.29, 1.82) is 0 Å². The van der Waals surface area contributed by atoms with E-state index in [2.05, 4.69) is 11.2 Å². The number of hydrogen-bond acceptors (Lipinski definition) is 4. The van der Waals surface area contributed by atoms with E-state index in [0.29, 0.717) is 13.1 Å². The zero-order chi connectivity index (χ0) is 14.1. The summed E-state index contributed by atoms with van der Waals surface area (Å²) in [7, 11) is 3.78. The number of likely N-dealkylation sites (N-methyl/N-ethyl adjacent to an activating group) is 1. The fraction of sp³-hybridized carbons (Fsp3) is 0.667. The molecule has 0 saturated carbocycles. The maximum absolute atomic E-state index is 11.7. The summed E-state index contributed by atoms with van der Waals surface area (Å²) in [6.07, 6.45) is 5.05. The fourth-order valence-corrected chi connectivity index (χ4v) is 1.36. The molecule has 0 fully saturated rings. The second kappa shape index (κ2) is 8.50. The molecule has 1 unspecified atom stereocenters. The van der Waals surface area contributed by atoms with Crippen LogP contribution in [0.5, 0.6) is 0 Å². The minimum Gasteiger partial charge on any atom is -0.480 e. The lowest BCUT2D eigenvalue weighted by Crippen LogP contribution is -2.49. The van der Waals surface area contributed by atoms with E-state index in [-0.39, 0.29) is 19.0 Å². The van der Waals surface area contributed by atoms with E-state index in [0.717, 1.165) is 0 Å². The van der Waals surface area contributed by atoms with Gasteiger partial charge in [-0.05, 0) is 21.0 Å². The van der Waals surface area contributed by atoms with E-state index in [4.69, 9.17) is 11.5 Å². The summed E-state index contributed by atoms with van der Waals surface area (Å²) in [6, 6.07) is -0.519. The number of carboxylic acid groups (broad SMARTS) is 1. The molecule has 102 valence electrons. The van der Waals surface area contributed by atoms with Crippen LogP contribution in [-0.2, 0) is 9.59 Å². The smallest absolute Gasteiger partial charge is 0.317 e. The van der Waals surface area contributed by atoms with Crippen molar-refractivity contribution in [2.45, 2.75) is 13.0 Å². The lowest BCUT2D eigenvalue weighted by Gasteiger charge is -2.27. The Morgan fingerprint density at radius 3 is 2.44 bits per heavy atom. The number of rotatable bonds is 8. The Hall–Kier alpha value is -1.58. The molecule has 0 aliphatic rings. The summed E-state index contributed by atoms with van der Waals surface area (Å²) < 4.78 is 0. The maximum atomic E-state index is 11.7. The normalized spacial score (nSPS) is 12.2. The molecule has 0 saturated heterocycles. The molecule has 0 aromatic heterocycles. The number of terminal acetylenes is 1. The highest BCUT2D eigenvalue weighted by Gasteiger charge is 2.22. The molecule has 0 heterocycles. The topological polar surface area (TPSA) is 72.9 Å². The van der Waals surface area contributed by atoms with Gasteiger partial charge in [0.1, 0.15) is 0 Å². The largest absolute Gasteiger partial charge is 0.480 e. The summed E-state index contributed by atoms with van der Waals surface area (Å²) in [5.74, 6) is 1.10. The van der Waals surface area contributed by atoms with Crippen LogP contribution in [0.25, 0.3) is 0 Å². The van der Waals surface area contributed by atoms with E-state index in [1.165, 1.54) is 0 Å². The Morgan fingerprint density at radius 2 is 2.00 bits per heavy atom. The lowest BCUT2D eigenvalue weighted by atomic mass is 10.2. The highest BCUT2D eigenvalue weighted by Crippen LogP contribution is 1.99. The Labute approximate surface area is 108 Å².